The highest BCUT2D eigenvalue weighted by molar-refractivity contribution is 7.99. The van der Waals surface area contributed by atoms with E-state index in [1.165, 1.54) is 18.9 Å². The van der Waals surface area contributed by atoms with E-state index in [4.69, 9.17) is 16.3 Å². The monoisotopic (exact) mass is 259 g/mol. The van der Waals surface area contributed by atoms with Crippen LogP contribution in [0.2, 0.25) is 5.02 Å². The Labute approximate surface area is 105 Å². The SMILES string of the molecule is COC(=O)C(C)(C)CSc1ncccc1Cl. The van der Waals surface area contributed by atoms with E-state index in [1.807, 2.05) is 13.8 Å². The number of hydrogen-bond donors (Lipinski definition) is 0. The minimum absolute atomic E-state index is 0.230. The van der Waals surface area contributed by atoms with Crippen LogP contribution in [0.3, 0.4) is 0 Å². The summed E-state index contributed by atoms with van der Waals surface area (Å²) in [6, 6.07) is 3.56. The number of carbonyl (C=O) groups is 1. The van der Waals surface area contributed by atoms with Crippen LogP contribution in [0.4, 0.5) is 0 Å². The van der Waals surface area contributed by atoms with Crippen LogP contribution in [-0.2, 0) is 9.53 Å². The molecule has 0 bridgehead atoms. The van der Waals surface area contributed by atoms with E-state index < -0.39 is 5.41 Å². The Kier molecular flexibility index (Phi) is 4.62. The molecule has 0 amide bonds. The molecule has 0 aromatic carbocycles. The van der Waals surface area contributed by atoms with Gasteiger partial charge in [0.2, 0.25) is 0 Å². The van der Waals surface area contributed by atoms with Crippen molar-refractivity contribution in [3.05, 3.63) is 23.4 Å². The van der Waals surface area contributed by atoms with Crippen molar-refractivity contribution in [1.82, 2.24) is 4.98 Å². The zero-order chi connectivity index (χ0) is 12.2. The van der Waals surface area contributed by atoms with E-state index in [9.17, 15) is 4.79 Å². The highest BCUT2D eigenvalue weighted by Gasteiger charge is 2.29. The van der Waals surface area contributed by atoms with Gasteiger partial charge in [-0.2, -0.15) is 0 Å². The normalized spacial score (nSPS) is 11.2. The predicted octanol–water partition coefficient (Wildman–Crippen LogP) is 3.03. The molecule has 0 saturated heterocycles. The van der Waals surface area contributed by atoms with Gasteiger partial charge in [0.05, 0.1) is 17.5 Å². The van der Waals surface area contributed by atoms with Gasteiger partial charge < -0.3 is 4.74 Å². The van der Waals surface area contributed by atoms with Crippen LogP contribution in [0, 0.1) is 5.41 Å². The molecular formula is C11H14ClNO2S. The van der Waals surface area contributed by atoms with Crippen molar-refractivity contribution >= 4 is 29.3 Å². The van der Waals surface area contributed by atoms with Crippen molar-refractivity contribution in [1.29, 1.82) is 0 Å². The van der Waals surface area contributed by atoms with Crippen molar-refractivity contribution in [3.8, 4) is 0 Å². The van der Waals surface area contributed by atoms with Gasteiger partial charge in [0.15, 0.2) is 0 Å². The van der Waals surface area contributed by atoms with Crippen LogP contribution in [0.5, 0.6) is 0 Å². The van der Waals surface area contributed by atoms with Gasteiger partial charge in [0.1, 0.15) is 5.03 Å². The summed E-state index contributed by atoms with van der Waals surface area (Å²) < 4.78 is 4.73. The zero-order valence-electron chi connectivity index (χ0n) is 9.49. The third kappa shape index (κ3) is 3.39. The second kappa shape index (κ2) is 5.55. The summed E-state index contributed by atoms with van der Waals surface area (Å²) in [7, 11) is 1.39. The number of nitrogens with zero attached hydrogens (tertiary/aromatic N) is 1. The molecule has 1 heterocycles. The lowest BCUT2D eigenvalue weighted by atomic mass is 9.97. The Morgan fingerprint density at radius 3 is 2.88 bits per heavy atom. The first kappa shape index (κ1) is 13.3. The van der Waals surface area contributed by atoms with E-state index in [0.29, 0.717) is 10.8 Å². The van der Waals surface area contributed by atoms with Gasteiger partial charge in [-0.05, 0) is 26.0 Å². The number of aromatic nitrogens is 1. The first-order chi connectivity index (χ1) is 7.47. The van der Waals surface area contributed by atoms with Crippen molar-refractivity contribution in [2.24, 2.45) is 5.41 Å². The number of thioether (sulfide) groups is 1. The Hall–Kier alpha value is -0.740. The Bertz CT molecular complexity index is 382. The molecule has 0 N–H and O–H groups in total. The fourth-order valence-electron chi connectivity index (χ4n) is 1.06. The molecule has 0 radical (unpaired) electrons. The lowest BCUT2D eigenvalue weighted by Crippen LogP contribution is -2.28. The maximum absolute atomic E-state index is 11.5. The van der Waals surface area contributed by atoms with Crippen LogP contribution in [-0.4, -0.2) is 23.8 Å². The number of halogens is 1. The van der Waals surface area contributed by atoms with Crippen LogP contribution < -0.4 is 0 Å². The van der Waals surface area contributed by atoms with E-state index in [-0.39, 0.29) is 5.97 Å². The number of rotatable bonds is 4. The molecule has 0 spiro atoms. The molecule has 0 aliphatic heterocycles. The number of hydrogen-bond acceptors (Lipinski definition) is 4. The van der Waals surface area contributed by atoms with Gasteiger partial charge in [0, 0.05) is 11.9 Å². The third-order valence-corrected chi connectivity index (χ3v) is 3.91. The highest BCUT2D eigenvalue weighted by atomic mass is 35.5. The zero-order valence-corrected chi connectivity index (χ0v) is 11.1. The maximum atomic E-state index is 11.5. The molecule has 3 nitrogen and oxygen atoms in total. The van der Waals surface area contributed by atoms with Gasteiger partial charge >= 0.3 is 5.97 Å². The summed E-state index contributed by atoms with van der Waals surface area (Å²) in [5, 5.41) is 1.34. The third-order valence-electron chi connectivity index (χ3n) is 2.03. The smallest absolute Gasteiger partial charge is 0.312 e. The fourth-order valence-corrected chi connectivity index (χ4v) is 2.30. The summed E-state index contributed by atoms with van der Waals surface area (Å²) >= 11 is 7.42. The van der Waals surface area contributed by atoms with Crippen LogP contribution in [0.1, 0.15) is 13.8 Å². The van der Waals surface area contributed by atoms with Crippen LogP contribution in [0.25, 0.3) is 0 Å². The van der Waals surface area contributed by atoms with Crippen molar-refractivity contribution in [2.75, 3.05) is 12.9 Å². The second-order valence-corrected chi connectivity index (χ2v) is 5.33. The Balaban J connectivity index is 2.65. The highest BCUT2D eigenvalue weighted by Crippen LogP contribution is 2.31. The van der Waals surface area contributed by atoms with Gasteiger partial charge in [-0.3, -0.25) is 4.79 Å². The summed E-state index contributed by atoms with van der Waals surface area (Å²) in [5.41, 5.74) is -0.541. The lowest BCUT2D eigenvalue weighted by molar-refractivity contribution is -0.149. The van der Waals surface area contributed by atoms with Crippen molar-refractivity contribution in [2.45, 2.75) is 18.9 Å². The number of pyridine rings is 1. The first-order valence-corrected chi connectivity index (χ1v) is 6.15. The Morgan fingerprint density at radius 1 is 1.62 bits per heavy atom. The molecule has 5 heteroatoms. The molecule has 1 aromatic rings. The molecular weight excluding hydrogens is 246 g/mol. The van der Waals surface area contributed by atoms with Crippen molar-refractivity contribution in [3.63, 3.8) is 0 Å². The van der Waals surface area contributed by atoms with E-state index >= 15 is 0 Å². The minimum Gasteiger partial charge on any atom is -0.469 e. The average Bonchev–Trinajstić information content (AvgIpc) is 2.27. The average molecular weight is 260 g/mol. The molecule has 0 saturated carbocycles. The lowest BCUT2D eigenvalue weighted by Gasteiger charge is -2.20. The number of ether oxygens (including phenoxy) is 1. The largest absolute Gasteiger partial charge is 0.469 e. The number of methoxy groups -OCH3 is 1. The number of esters is 1. The van der Waals surface area contributed by atoms with Crippen LogP contribution in [0.15, 0.2) is 23.4 Å². The van der Waals surface area contributed by atoms with Crippen molar-refractivity contribution < 1.29 is 9.53 Å². The van der Waals surface area contributed by atoms with E-state index in [2.05, 4.69) is 4.98 Å². The van der Waals surface area contributed by atoms with Gasteiger partial charge in [-0.25, -0.2) is 4.98 Å². The van der Waals surface area contributed by atoms with Gasteiger partial charge in [-0.1, -0.05) is 11.6 Å². The molecule has 1 rings (SSSR count). The van der Waals surface area contributed by atoms with Crippen LogP contribution >= 0.6 is 23.4 Å². The molecule has 0 unspecified atom stereocenters. The molecule has 16 heavy (non-hydrogen) atoms. The number of carbonyl (C=O) groups excluding carboxylic acids is 1. The van der Waals surface area contributed by atoms with E-state index in [1.54, 1.807) is 18.3 Å². The maximum Gasteiger partial charge on any atom is 0.312 e. The topological polar surface area (TPSA) is 39.2 Å². The predicted molar refractivity (Wildman–Crippen MR) is 65.8 cm³/mol. The summed E-state index contributed by atoms with van der Waals surface area (Å²) in [6.45, 7) is 3.67. The molecule has 1 aromatic heterocycles. The molecule has 0 atom stereocenters. The molecule has 88 valence electrons. The fraction of sp³-hybridized carbons (Fsp3) is 0.455. The second-order valence-electron chi connectivity index (χ2n) is 3.95. The van der Waals surface area contributed by atoms with Gasteiger partial charge in [0.25, 0.3) is 0 Å². The Morgan fingerprint density at radius 2 is 2.31 bits per heavy atom. The minimum atomic E-state index is -0.541. The molecule has 0 fully saturated rings. The summed E-state index contributed by atoms with van der Waals surface area (Å²) in [6.07, 6.45) is 1.68. The first-order valence-electron chi connectivity index (χ1n) is 4.79. The molecule has 0 aliphatic rings. The quantitative estimate of drug-likeness (QED) is 0.616. The summed E-state index contributed by atoms with van der Waals surface area (Å²) in [4.78, 5) is 15.6. The molecule has 0 aliphatic carbocycles. The standard InChI is InChI=1S/C11H14ClNO2S/c1-11(2,10(14)15-3)7-16-9-8(12)5-4-6-13-9/h4-6H,7H2,1-3H3. The summed E-state index contributed by atoms with van der Waals surface area (Å²) in [5.74, 6) is 0.350. The van der Waals surface area contributed by atoms with E-state index in [0.717, 1.165) is 5.03 Å². The van der Waals surface area contributed by atoms with Gasteiger partial charge in [-0.15, -0.1) is 11.8 Å².